The second-order valence-electron chi connectivity index (χ2n) is 5.70. The number of fused-ring (bicyclic) bond motifs is 1. The highest BCUT2D eigenvalue weighted by Crippen LogP contribution is 2.31. The average molecular weight is 358 g/mol. The van der Waals surface area contributed by atoms with Crippen LogP contribution in [0, 0.1) is 6.92 Å². The van der Waals surface area contributed by atoms with Gasteiger partial charge in [0.05, 0.1) is 16.2 Å². The summed E-state index contributed by atoms with van der Waals surface area (Å²) in [6, 6.07) is 7.34. The number of hydrogen-bond donors (Lipinski definition) is 0. The van der Waals surface area contributed by atoms with Crippen LogP contribution in [0.15, 0.2) is 24.3 Å². The molecule has 1 amide bonds. The highest BCUT2D eigenvalue weighted by molar-refractivity contribution is 6.35. The first-order valence-corrected chi connectivity index (χ1v) is 7.82. The van der Waals surface area contributed by atoms with Crippen molar-refractivity contribution in [2.75, 3.05) is 31.1 Å². The molecule has 0 spiro atoms. The first-order chi connectivity index (χ1) is 11.3. The monoisotopic (exact) mass is 357 g/mol. The molecule has 0 N–H and O–H groups in total. The molecule has 3 rings (SSSR count). The van der Waals surface area contributed by atoms with Gasteiger partial charge < -0.3 is 9.80 Å². The van der Waals surface area contributed by atoms with Crippen LogP contribution in [0.5, 0.6) is 0 Å². The number of pyridine rings is 1. The lowest BCUT2D eigenvalue weighted by Crippen LogP contribution is -2.52. The van der Waals surface area contributed by atoms with Crippen molar-refractivity contribution in [3.8, 4) is 0 Å². The molecule has 1 saturated heterocycles. The van der Waals surface area contributed by atoms with Crippen LogP contribution in [-0.2, 0) is 4.79 Å². The predicted octanol–water partition coefficient (Wildman–Crippen LogP) is 3.41. The fourth-order valence-electron chi connectivity index (χ4n) is 2.90. The molecule has 128 valence electrons. The fourth-order valence-corrected chi connectivity index (χ4v) is 3.21. The maximum Gasteiger partial charge on any atom is 0.471 e. The summed E-state index contributed by atoms with van der Waals surface area (Å²) in [6.45, 7) is 2.51. The summed E-state index contributed by atoms with van der Waals surface area (Å²) < 4.78 is 37.6. The van der Waals surface area contributed by atoms with Crippen LogP contribution in [0.4, 0.5) is 18.9 Å². The quantitative estimate of drug-likeness (QED) is 0.784. The van der Waals surface area contributed by atoms with E-state index >= 15 is 0 Å². The number of aryl methyl sites for hydroxylation is 1. The minimum Gasteiger partial charge on any atom is -0.366 e. The Bertz CT molecular complexity index is 786. The third kappa shape index (κ3) is 3.13. The van der Waals surface area contributed by atoms with E-state index in [0.29, 0.717) is 18.1 Å². The maximum absolute atomic E-state index is 12.5. The number of carbonyl (C=O) groups excluding carboxylic acids is 1. The zero-order chi connectivity index (χ0) is 17.5. The van der Waals surface area contributed by atoms with Crippen LogP contribution in [0.3, 0.4) is 0 Å². The Balaban J connectivity index is 1.85. The summed E-state index contributed by atoms with van der Waals surface area (Å²) in [7, 11) is 0. The minimum atomic E-state index is -4.83. The Morgan fingerprint density at radius 2 is 1.88 bits per heavy atom. The highest BCUT2D eigenvalue weighted by Gasteiger charge is 2.43. The van der Waals surface area contributed by atoms with Gasteiger partial charge in [0.25, 0.3) is 0 Å². The Hall–Kier alpha value is -2.02. The number of piperazine rings is 1. The average Bonchev–Trinajstić information content (AvgIpc) is 2.53. The summed E-state index contributed by atoms with van der Waals surface area (Å²) in [5.41, 5.74) is 2.31. The van der Waals surface area contributed by atoms with Crippen molar-refractivity contribution in [2.45, 2.75) is 13.1 Å². The first-order valence-electron chi connectivity index (χ1n) is 7.44. The van der Waals surface area contributed by atoms with Crippen LogP contribution in [0.1, 0.15) is 5.69 Å². The number of rotatable bonds is 1. The first kappa shape index (κ1) is 16.8. The molecule has 4 nitrogen and oxygen atoms in total. The number of amides is 1. The van der Waals surface area contributed by atoms with E-state index in [1.165, 1.54) is 0 Å². The second-order valence-corrected chi connectivity index (χ2v) is 6.10. The molecule has 0 unspecified atom stereocenters. The Morgan fingerprint density at radius 1 is 1.21 bits per heavy atom. The number of hydrogen-bond acceptors (Lipinski definition) is 3. The van der Waals surface area contributed by atoms with Crippen LogP contribution in [0.2, 0.25) is 5.02 Å². The van der Waals surface area contributed by atoms with Gasteiger partial charge in [-0.15, -0.1) is 0 Å². The van der Waals surface area contributed by atoms with Crippen molar-refractivity contribution in [3.05, 3.63) is 35.0 Å². The van der Waals surface area contributed by atoms with E-state index in [-0.39, 0.29) is 13.1 Å². The lowest BCUT2D eigenvalue weighted by molar-refractivity contribution is -0.185. The molecule has 0 aliphatic carbocycles. The topological polar surface area (TPSA) is 36.4 Å². The van der Waals surface area contributed by atoms with E-state index in [9.17, 15) is 18.0 Å². The number of para-hydroxylation sites is 1. The van der Waals surface area contributed by atoms with Gasteiger partial charge in [0.15, 0.2) is 0 Å². The number of nitrogens with zero attached hydrogens (tertiary/aromatic N) is 3. The minimum absolute atomic E-state index is 0.0221. The van der Waals surface area contributed by atoms with Crippen LogP contribution in [-0.4, -0.2) is 48.1 Å². The molecule has 2 aromatic rings. The van der Waals surface area contributed by atoms with Crippen molar-refractivity contribution in [1.82, 2.24) is 9.88 Å². The van der Waals surface area contributed by atoms with Gasteiger partial charge in [0.2, 0.25) is 0 Å². The van der Waals surface area contributed by atoms with Crippen molar-refractivity contribution in [2.24, 2.45) is 0 Å². The molecule has 2 heterocycles. The maximum atomic E-state index is 12.5. The van der Waals surface area contributed by atoms with Gasteiger partial charge in [-0.2, -0.15) is 13.2 Å². The fraction of sp³-hybridized carbons (Fsp3) is 0.375. The molecule has 1 aliphatic heterocycles. The van der Waals surface area contributed by atoms with Gasteiger partial charge in [0.1, 0.15) is 0 Å². The van der Waals surface area contributed by atoms with E-state index in [1.54, 1.807) is 6.07 Å². The van der Waals surface area contributed by atoms with Crippen LogP contribution < -0.4 is 4.90 Å². The Morgan fingerprint density at radius 3 is 2.50 bits per heavy atom. The zero-order valence-electron chi connectivity index (χ0n) is 12.9. The predicted molar refractivity (Wildman–Crippen MR) is 86.3 cm³/mol. The van der Waals surface area contributed by atoms with Gasteiger partial charge in [-0.25, -0.2) is 0 Å². The molecule has 0 radical (unpaired) electrons. The summed E-state index contributed by atoms with van der Waals surface area (Å²) in [4.78, 5) is 18.6. The molecule has 8 heteroatoms. The normalized spacial score (nSPS) is 15.9. The van der Waals surface area contributed by atoms with Gasteiger partial charge in [-0.3, -0.25) is 9.78 Å². The van der Waals surface area contributed by atoms with Crippen LogP contribution >= 0.6 is 11.6 Å². The third-order valence-electron chi connectivity index (χ3n) is 4.05. The lowest BCUT2D eigenvalue weighted by Gasteiger charge is -2.36. The van der Waals surface area contributed by atoms with E-state index in [4.69, 9.17) is 11.6 Å². The highest BCUT2D eigenvalue weighted by atomic mass is 35.5. The molecule has 1 fully saturated rings. The van der Waals surface area contributed by atoms with E-state index in [1.807, 2.05) is 30.0 Å². The Kier molecular flexibility index (Phi) is 4.29. The third-order valence-corrected chi connectivity index (χ3v) is 4.36. The summed E-state index contributed by atoms with van der Waals surface area (Å²) in [5.74, 6) is -1.78. The summed E-state index contributed by atoms with van der Waals surface area (Å²) in [6.07, 6.45) is -4.83. The molecule has 1 aromatic carbocycles. The van der Waals surface area contributed by atoms with Gasteiger partial charge in [-0.1, -0.05) is 23.7 Å². The SMILES string of the molecule is Cc1cc(Cl)c2cccc(N3CCN(C(=O)C(F)(F)F)CC3)c2n1. The lowest BCUT2D eigenvalue weighted by atomic mass is 10.1. The molecule has 0 bridgehead atoms. The largest absolute Gasteiger partial charge is 0.471 e. The van der Waals surface area contributed by atoms with Crippen molar-refractivity contribution < 1.29 is 18.0 Å². The second kappa shape index (κ2) is 6.12. The number of halogens is 4. The number of anilines is 1. The molecule has 1 aliphatic rings. The van der Waals surface area contributed by atoms with Gasteiger partial charge >= 0.3 is 12.1 Å². The molecular formula is C16H15ClF3N3O. The number of alkyl halides is 3. The van der Waals surface area contributed by atoms with E-state index < -0.39 is 12.1 Å². The zero-order valence-corrected chi connectivity index (χ0v) is 13.7. The molecule has 0 saturated carbocycles. The van der Waals surface area contributed by atoms with Gasteiger partial charge in [0, 0.05) is 37.3 Å². The summed E-state index contributed by atoms with van der Waals surface area (Å²) >= 11 is 6.25. The van der Waals surface area contributed by atoms with Crippen LogP contribution in [0.25, 0.3) is 10.9 Å². The van der Waals surface area contributed by atoms with Crippen molar-refractivity contribution in [1.29, 1.82) is 0 Å². The number of aromatic nitrogens is 1. The summed E-state index contributed by atoms with van der Waals surface area (Å²) in [5, 5.41) is 1.39. The van der Waals surface area contributed by atoms with E-state index in [2.05, 4.69) is 4.98 Å². The molecule has 24 heavy (non-hydrogen) atoms. The van der Waals surface area contributed by atoms with E-state index in [0.717, 1.165) is 27.2 Å². The molecule has 1 aromatic heterocycles. The smallest absolute Gasteiger partial charge is 0.366 e. The van der Waals surface area contributed by atoms with Crippen molar-refractivity contribution >= 4 is 34.1 Å². The molecule has 0 atom stereocenters. The standard InChI is InChI=1S/C16H15ClF3N3O/c1-10-9-12(17)11-3-2-4-13(14(11)21-10)22-5-7-23(8-6-22)15(24)16(18,19)20/h2-4,9H,5-8H2,1H3. The van der Waals surface area contributed by atoms with Gasteiger partial charge in [-0.05, 0) is 19.1 Å². The molecular weight excluding hydrogens is 343 g/mol. The number of benzene rings is 1. The number of carbonyl (C=O) groups is 1. The van der Waals surface area contributed by atoms with Crippen molar-refractivity contribution in [3.63, 3.8) is 0 Å². The Labute approximate surface area is 141 Å².